The van der Waals surface area contributed by atoms with Crippen molar-refractivity contribution in [3.63, 3.8) is 0 Å². The summed E-state index contributed by atoms with van der Waals surface area (Å²) >= 11 is 0. The first-order valence-corrected chi connectivity index (χ1v) is 20.6. The van der Waals surface area contributed by atoms with E-state index in [1.54, 1.807) is 14.2 Å². The van der Waals surface area contributed by atoms with Crippen LogP contribution in [0.5, 0.6) is 46.0 Å². The van der Waals surface area contributed by atoms with Crippen molar-refractivity contribution in [2.45, 2.75) is 70.4 Å². The summed E-state index contributed by atoms with van der Waals surface area (Å²) in [4.78, 5) is 36.2. The lowest BCUT2D eigenvalue weighted by atomic mass is 9.84. The van der Waals surface area contributed by atoms with Gasteiger partial charge in [0.15, 0.2) is 34.5 Å². The molecule has 0 aromatic heterocycles. The van der Waals surface area contributed by atoms with E-state index in [0.717, 1.165) is 46.3 Å². The number of hydrogen-bond donors (Lipinski definition) is 0. The number of quaternary nitrogens is 2. The maximum absolute atomic E-state index is 12.9. The Labute approximate surface area is 351 Å². The van der Waals surface area contributed by atoms with Gasteiger partial charge >= 0.3 is 5.97 Å². The van der Waals surface area contributed by atoms with Crippen molar-refractivity contribution in [1.29, 1.82) is 0 Å². The van der Waals surface area contributed by atoms with Crippen LogP contribution in [0, 0.1) is 0 Å². The highest BCUT2D eigenvalue weighted by molar-refractivity contribution is 5.74. The summed E-state index contributed by atoms with van der Waals surface area (Å²) in [5.74, 6) is 0.687. The van der Waals surface area contributed by atoms with Gasteiger partial charge in [-0.25, -0.2) is 0 Å². The minimum absolute atomic E-state index is 0.0350. The highest BCUT2D eigenvalue weighted by atomic mass is 16.6. The molecule has 4 aliphatic rings. The van der Waals surface area contributed by atoms with E-state index in [0.29, 0.717) is 101 Å². The van der Waals surface area contributed by atoms with Crippen molar-refractivity contribution in [3.05, 3.63) is 94.0 Å². The van der Waals surface area contributed by atoms with E-state index in [-0.39, 0.29) is 30.7 Å². The van der Waals surface area contributed by atoms with Gasteiger partial charge in [0.25, 0.3) is 0 Å². The Bertz CT molecular complexity index is 2270. The van der Waals surface area contributed by atoms with Crippen LogP contribution in [0.3, 0.4) is 0 Å². The van der Waals surface area contributed by atoms with Gasteiger partial charge in [-0.05, 0) is 77.6 Å². The number of fused-ring (bicyclic) bond motifs is 2. The predicted molar refractivity (Wildman–Crippen MR) is 217 cm³/mol. The van der Waals surface area contributed by atoms with Gasteiger partial charge in [0, 0.05) is 63.0 Å². The summed E-state index contributed by atoms with van der Waals surface area (Å²) in [5.41, 5.74) is 5.90. The van der Waals surface area contributed by atoms with Gasteiger partial charge in [0.2, 0.25) is 5.75 Å². The molecular weight excluding hydrogens is 769 g/mol. The topological polar surface area (TPSA) is 153 Å². The molecule has 0 spiro atoms. The normalized spacial score (nSPS) is 21.6. The van der Waals surface area contributed by atoms with E-state index in [2.05, 4.69) is 26.2 Å². The number of carbonyl (C=O) groups is 3. The largest absolute Gasteiger partial charge is 0.550 e. The molecule has 4 unspecified atom stereocenters. The second kappa shape index (κ2) is 17.4. The SMILES string of the molecule is COc1ccc2cc1Oc1ccc(cc1)CC1c3cc(c(OC)cc3CC[N+]1(C)CCCC(=O)[O-])Oc1c(OC(C)=O)c(OC)cc3c1C(C2)[N+](C)(CCCC(=O)[O-])CC3. The summed E-state index contributed by atoms with van der Waals surface area (Å²) in [6.07, 6.45) is 3.17. The summed E-state index contributed by atoms with van der Waals surface area (Å²) in [6.45, 7) is 3.94. The number of rotatable bonds is 12. The summed E-state index contributed by atoms with van der Waals surface area (Å²) in [7, 11) is 9.03. The van der Waals surface area contributed by atoms with Gasteiger partial charge in [-0.2, -0.15) is 0 Å². The minimum Gasteiger partial charge on any atom is -0.550 e. The second-order valence-electron chi connectivity index (χ2n) is 16.7. The molecule has 0 N–H and O–H groups in total. The highest BCUT2D eigenvalue weighted by Gasteiger charge is 2.44. The van der Waals surface area contributed by atoms with E-state index >= 15 is 0 Å². The Balaban J connectivity index is 1.50. The molecule has 13 heteroatoms. The van der Waals surface area contributed by atoms with Gasteiger partial charge in [0.1, 0.15) is 17.8 Å². The van der Waals surface area contributed by atoms with Crippen LogP contribution in [-0.2, 0) is 40.1 Å². The average molecular weight is 823 g/mol. The number of ether oxygens (including phenoxy) is 6. The quantitative estimate of drug-likeness (QED) is 0.106. The maximum Gasteiger partial charge on any atom is 0.308 e. The van der Waals surface area contributed by atoms with Gasteiger partial charge in [-0.3, -0.25) is 4.79 Å². The van der Waals surface area contributed by atoms with Crippen molar-refractivity contribution in [2.75, 3.05) is 61.6 Å². The lowest BCUT2D eigenvalue weighted by Gasteiger charge is -2.47. The molecule has 0 radical (unpaired) electrons. The third-order valence-corrected chi connectivity index (χ3v) is 12.7. The van der Waals surface area contributed by atoms with Crippen LogP contribution >= 0.6 is 0 Å². The summed E-state index contributed by atoms with van der Waals surface area (Å²) in [6, 6.07) is 19.4. The number of hydrogen-bond acceptors (Lipinski definition) is 11. The average Bonchev–Trinajstić information content (AvgIpc) is 3.20. The first kappa shape index (κ1) is 42.3. The van der Waals surface area contributed by atoms with Crippen molar-refractivity contribution < 1.29 is 62.0 Å². The highest BCUT2D eigenvalue weighted by Crippen LogP contribution is 2.54. The van der Waals surface area contributed by atoms with Crippen molar-refractivity contribution in [2.24, 2.45) is 0 Å². The number of carboxylic acids is 2. The molecule has 318 valence electrons. The fourth-order valence-electron chi connectivity index (χ4n) is 9.50. The molecule has 4 heterocycles. The molecule has 8 rings (SSSR count). The molecule has 0 saturated carbocycles. The number of methoxy groups -OCH3 is 3. The molecule has 0 fully saturated rings. The van der Waals surface area contributed by atoms with E-state index in [1.165, 1.54) is 14.0 Å². The van der Waals surface area contributed by atoms with E-state index in [1.807, 2.05) is 48.5 Å². The lowest BCUT2D eigenvalue weighted by Crippen LogP contribution is -2.53. The van der Waals surface area contributed by atoms with Gasteiger partial charge in [0.05, 0.1) is 67.2 Å². The van der Waals surface area contributed by atoms with Crippen LogP contribution in [0.15, 0.2) is 60.7 Å². The zero-order valence-corrected chi connectivity index (χ0v) is 35.3. The number of carbonyl (C=O) groups excluding carboxylic acids is 3. The Morgan fingerprint density at radius 3 is 1.87 bits per heavy atom. The molecular formula is C47H54N2O11. The van der Waals surface area contributed by atoms with Crippen LogP contribution in [0.4, 0.5) is 0 Å². The standard InChI is InChI=1S/C47H54N2O11/c1-29(50)58-46-42(57-6)27-33-18-22-49(3,20-8-10-44(53)54)37-24-31-13-16-38(55-4)40(25-31)59-34-14-11-30(12-15-34)23-36-35-28-41(60-47(46)45(33)37)39(56-5)26-32(35)17-21-48(36,2)19-7-9-43(51)52/h11-16,25-28,36-37H,7-10,17-24H2,1-6H3. The maximum atomic E-state index is 12.9. The molecule has 4 atom stereocenters. The van der Waals surface area contributed by atoms with Crippen molar-refractivity contribution in [1.82, 2.24) is 0 Å². The van der Waals surface area contributed by atoms with Crippen molar-refractivity contribution >= 4 is 17.9 Å². The third-order valence-electron chi connectivity index (χ3n) is 12.7. The van der Waals surface area contributed by atoms with Crippen LogP contribution < -0.4 is 38.6 Å². The fraction of sp³-hybridized carbons (Fsp3) is 0.426. The smallest absolute Gasteiger partial charge is 0.308 e. The molecule has 0 saturated heterocycles. The Morgan fingerprint density at radius 2 is 1.25 bits per heavy atom. The summed E-state index contributed by atoms with van der Waals surface area (Å²) < 4.78 is 38.5. The number of benzene rings is 4. The molecule has 60 heavy (non-hydrogen) atoms. The molecule has 0 amide bonds. The molecule has 6 bridgehead atoms. The first-order chi connectivity index (χ1) is 28.7. The molecule has 13 nitrogen and oxygen atoms in total. The zero-order chi connectivity index (χ0) is 42.8. The first-order valence-electron chi connectivity index (χ1n) is 20.6. The number of nitrogens with zero attached hydrogens (tertiary/aromatic N) is 2. The van der Waals surface area contributed by atoms with E-state index in [9.17, 15) is 24.6 Å². The minimum atomic E-state index is -1.11. The Hall–Kier alpha value is -5.79. The second-order valence-corrected chi connectivity index (χ2v) is 16.7. The fourth-order valence-corrected chi connectivity index (χ4v) is 9.50. The van der Waals surface area contributed by atoms with Crippen LogP contribution in [0.2, 0.25) is 0 Å². The van der Waals surface area contributed by atoms with Gasteiger partial charge < -0.3 is 57.2 Å². The molecule has 4 aliphatic heterocycles. The Morgan fingerprint density at radius 1 is 0.683 bits per heavy atom. The van der Waals surface area contributed by atoms with Gasteiger partial charge in [-0.1, -0.05) is 18.2 Å². The summed E-state index contributed by atoms with van der Waals surface area (Å²) in [5, 5.41) is 23.2. The molecule has 4 aromatic rings. The van der Waals surface area contributed by atoms with E-state index < -0.39 is 17.9 Å². The zero-order valence-electron chi connectivity index (χ0n) is 35.3. The third kappa shape index (κ3) is 8.73. The van der Waals surface area contributed by atoms with Crippen LogP contribution in [0.1, 0.15) is 78.1 Å². The van der Waals surface area contributed by atoms with Crippen molar-refractivity contribution in [3.8, 4) is 46.0 Å². The van der Waals surface area contributed by atoms with E-state index in [4.69, 9.17) is 28.4 Å². The Kier molecular flexibility index (Phi) is 12.3. The number of esters is 1. The van der Waals surface area contributed by atoms with Crippen LogP contribution in [0.25, 0.3) is 0 Å². The number of aliphatic carboxylic acids is 2. The molecule has 0 aliphatic carbocycles. The number of carboxylic acid groups (broad SMARTS) is 2. The molecule has 4 aromatic carbocycles. The monoisotopic (exact) mass is 822 g/mol. The van der Waals surface area contributed by atoms with Crippen LogP contribution in [-0.4, -0.2) is 88.5 Å². The lowest BCUT2D eigenvalue weighted by molar-refractivity contribution is -0.941. The predicted octanol–water partition coefficient (Wildman–Crippen LogP) is 5.17. The van der Waals surface area contributed by atoms with Gasteiger partial charge in [-0.15, -0.1) is 0 Å². The number of likely N-dealkylation sites (N-methyl/N-ethyl adjacent to an activating group) is 2.